The Morgan fingerprint density at radius 3 is 2.94 bits per heavy atom. The minimum absolute atomic E-state index is 0.259. The second-order valence-electron chi connectivity index (χ2n) is 9.35. The molecule has 3 aromatic heterocycles. The van der Waals surface area contributed by atoms with Crippen LogP contribution < -0.4 is 10.2 Å². The quantitative estimate of drug-likeness (QED) is 0.537. The predicted octanol–water partition coefficient (Wildman–Crippen LogP) is 3.43. The summed E-state index contributed by atoms with van der Waals surface area (Å²) in [5.41, 5.74) is 1.14. The highest BCUT2D eigenvalue weighted by atomic mass is 35.5. The predicted molar refractivity (Wildman–Crippen MR) is 118 cm³/mol. The summed E-state index contributed by atoms with van der Waals surface area (Å²) in [6.45, 7) is 7.79. The maximum atomic E-state index is 10.1. The summed E-state index contributed by atoms with van der Waals surface area (Å²) in [5.74, 6) is 1.84. The van der Waals surface area contributed by atoms with E-state index in [9.17, 15) is 10.4 Å². The number of aromatic nitrogens is 5. The molecule has 3 aromatic rings. The average molecular weight is 441 g/mol. The molecule has 1 saturated heterocycles. The maximum Gasteiger partial charge on any atom is 0.231 e. The highest BCUT2D eigenvalue weighted by molar-refractivity contribution is 6.32. The highest BCUT2D eigenvalue weighted by Crippen LogP contribution is 2.60. The molecule has 5 rings (SSSR count). The number of H-pyrrole nitrogens is 1. The molecule has 0 radical (unpaired) electrons. The molecule has 3 N–H and O–H groups in total. The van der Waals surface area contributed by atoms with Gasteiger partial charge in [0.15, 0.2) is 5.15 Å². The van der Waals surface area contributed by atoms with Crippen LogP contribution in [0, 0.1) is 22.7 Å². The van der Waals surface area contributed by atoms with Gasteiger partial charge in [-0.1, -0.05) is 18.5 Å². The van der Waals surface area contributed by atoms with E-state index in [-0.39, 0.29) is 6.54 Å². The third kappa shape index (κ3) is 3.40. The van der Waals surface area contributed by atoms with Crippen LogP contribution in [0.15, 0.2) is 12.4 Å². The van der Waals surface area contributed by atoms with Crippen molar-refractivity contribution in [3.8, 4) is 6.07 Å². The van der Waals surface area contributed by atoms with Crippen molar-refractivity contribution in [2.45, 2.75) is 45.8 Å². The number of hydrogen-bond donors (Lipinski definition) is 3. The van der Waals surface area contributed by atoms with E-state index in [1.807, 2.05) is 0 Å². The van der Waals surface area contributed by atoms with Gasteiger partial charge in [0, 0.05) is 19.3 Å². The standard InChI is InChI=1S/C21H25ClN8O/c1-4-21-5-13(21)9-29(11-21)18-15-12(6-23)7-24-17(15)27-19(28-18)26-14-8-25-30(16(14)22)10-20(2,3)31/h7-8,13,31H,4-5,9-11H2,1-3H3,(H2,24,26,27,28)/t13-,21+/m0/s1. The molecule has 162 valence electrons. The number of nitriles is 1. The van der Waals surface area contributed by atoms with E-state index >= 15 is 0 Å². The van der Waals surface area contributed by atoms with Gasteiger partial charge in [-0.3, -0.25) is 0 Å². The Kier molecular flexibility index (Phi) is 4.43. The van der Waals surface area contributed by atoms with Crippen LogP contribution in [-0.2, 0) is 6.54 Å². The molecule has 0 spiro atoms. The van der Waals surface area contributed by atoms with Crippen molar-refractivity contribution >= 4 is 40.1 Å². The Morgan fingerprint density at radius 2 is 2.26 bits per heavy atom. The number of nitrogens with one attached hydrogen (secondary N) is 2. The van der Waals surface area contributed by atoms with Crippen LogP contribution in [0.3, 0.4) is 0 Å². The Morgan fingerprint density at radius 1 is 1.45 bits per heavy atom. The molecular weight excluding hydrogens is 416 g/mol. The molecule has 31 heavy (non-hydrogen) atoms. The summed E-state index contributed by atoms with van der Waals surface area (Å²) in [6.07, 6.45) is 5.69. The van der Waals surface area contributed by atoms with E-state index in [1.54, 1.807) is 26.2 Å². The fraction of sp³-hybridized carbons (Fsp3) is 0.524. The molecule has 0 bridgehead atoms. The molecule has 1 aliphatic heterocycles. The summed E-state index contributed by atoms with van der Waals surface area (Å²) in [7, 11) is 0. The first kappa shape index (κ1) is 20.1. The van der Waals surface area contributed by atoms with Crippen molar-refractivity contribution in [1.29, 1.82) is 5.26 Å². The minimum Gasteiger partial charge on any atom is -0.389 e. The number of piperidine rings is 1. The number of aliphatic hydroxyl groups is 1. The lowest BCUT2D eigenvalue weighted by Gasteiger charge is -2.23. The molecule has 2 atom stereocenters. The lowest BCUT2D eigenvalue weighted by molar-refractivity contribution is 0.0578. The molecule has 0 unspecified atom stereocenters. The number of anilines is 3. The summed E-state index contributed by atoms with van der Waals surface area (Å²) >= 11 is 6.46. The second kappa shape index (κ2) is 6.84. The minimum atomic E-state index is -0.945. The Balaban J connectivity index is 1.51. The average Bonchev–Trinajstić information content (AvgIpc) is 3.00. The molecular formula is C21H25ClN8O. The number of aromatic amines is 1. The van der Waals surface area contributed by atoms with Crippen molar-refractivity contribution in [3.05, 3.63) is 23.1 Å². The zero-order valence-corrected chi connectivity index (χ0v) is 18.5. The molecule has 1 saturated carbocycles. The van der Waals surface area contributed by atoms with Gasteiger partial charge >= 0.3 is 0 Å². The number of hydrogen-bond acceptors (Lipinski definition) is 7. The van der Waals surface area contributed by atoms with Gasteiger partial charge in [-0.25, -0.2) is 4.68 Å². The fourth-order valence-corrected chi connectivity index (χ4v) is 4.94. The maximum absolute atomic E-state index is 10.1. The first-order valence-electron chi connectivity index (χ1n) is 10.5. The van der Waals surface area contributed by atoms with E-state index in [2.05, 4.69) is 38.3 Å². The molecule has 10 heteroatoms. The van der Waals surface area contributed by atoms with Crippen LogP contribution in [0.25, 0.3) is 11.0 Å². The summed E-state index contributed by atoms with van der Waals surface area (Å²) in [6, 6.07) is 2.25. The van der Waals surface area contributed by atoms with Crippen molar-refractivity contribution in [2.75, 3.05) is 23.3 Å². The zero-order chi connectivity index (χ0) is 22.0. The van der Waals surface area contributed by atoms with Gasteiger partial charge in [0.25, 0.3) is 0 Å². The Hall–Kier alpha value is -2.83. The monoisotopic (exact) mass is 440 g/mol. The topological polar surface area (TPSA) is 119 Å². The normalized spacial score (nSPS) is 22.6. The smallest absolute Gasteiger partial charge is 0.231 e. The number of nitrogens with zero attached hydrogens (tertiary/aromatic N) is 6. The summed E-state index contributed by atoms with van der Waals surface area (Å²) in [4.78, 5) is 14.7. The van der Waals surface area contributed by atoms with Crippen LogP contribution in [0.4, 0.5) is 17.5 Å². The van der Waals surface area contributed by atoms with Crippen molar-refractivity contribution in [3.63, 3.8) is 0 Å². The van der Waals surface area contributed by atoms with E-state index in [4.69, 9.17) is 16.6 Å². The van der Waals surface area contributed by atoms with Crippen molar-refractivity contribution < 1.29 is 5.11 Å². The zero-order valence-electron chi connectivity index (χ0n) is 17.8. The Labute approximate surface area is 185 Å². The number of halogens is 1. The first-order valence-corrected chi connectivity index (χ1v) is 10.9. The van der Waals surface area contributed by atoms with Gasteiger partial charge in [-0.15, -0.1) is 0 Å². The molecule has 4 heterocycles. The lowest BCUT2D eigenvalue weighted by atomic mass is 10.0. The van der Waals surface area contributed by atoms with Crippen LogP contribution in [0.5, 0.6) is 0 Å². The highest BCUT2D eigenvalue weighted by Gasteiger charge is 2.58. The van der Waals surface area contributed by atoms with Crippen LogP contribution >= 0.6 is 11.6 Å². The van der Waals surface area contributed by atoms with Crippen LogP contribution in [0.2, 0.25) is 5.15 Å². The van der Waals surface area contributed by atoms with Gasteiger partial charge in [0.1, 0.15) is 17.5 Å². The molecule has 2 fully saturated rings. The molecule has 0 amide bonds. The van der Waals surface area contributed by atoms with Gasteiger partial charge in [-0.2, -0.15) is 20.3 Å². The van der Waals surface area contributed by atoms with Crippen molar-refractivity contribution in [1.82, 2.24) is 24.7 Å². The number of fused-ring (bicyclic) bond motifs is 2. The van der Waals surface area contributed by atoms with Crippen LogP contribution in [0.1, 0.15) is 39.2 Å². The van der Waals surface area contributed by atoms with Gasteiger partial charge in [-0.05, 0) is 38.0 Å². The van der Waals surface area contributed by atoms with E-state index in [1.165, 1.54) is 11.1 Å². The second-order valence-corrected chi connectivity index (χ2v) is 9.71. The number of rotatable bonds is 6. The SMILES string of the molecule is CC[C@]12C[C@H]1CN(c1nc(Nc3cnn(CC(C)(C)O)c3Cl)nc3[nH]cc(C#N)c13)C2. The third-order valence-corrected chi connectivity index (χ3v) is 6.90. The fourth-order valence-electron chi connectivity index (χ4n) is 4.74. The largest absolute Gasteiger partial charge is 0.389 e. The van der Waals surface area contributed by atoms with Gasteiger partial charge in [0.2, 0.25) is 5.95 Å². The molecule has 9 nitrogen and oxygen atoms in total. The van der Waals surface area contributed by atoms with Crippen molar-refractivity contribution in [2.24, 2.45) is 11.3 Å². The van der Waals surface area contributed by atoms with Gasteiger partial charge < -0.3 is 20.3 Å². The summed E-state index contributed by atoms with van der Waals surface area (Å²) in [5, 5.41) is 28.2. The molecule has 2 aliphatic rings. The first-order chi connectivity index (χ1) is 14.7. The van der Waals surface area contributed by atoms with E-state index < -0.39 is 5.60 Å². The van der Waals surface area contributed by atoms with Gasteiger partial charge in [0.05, 0.1) is 35.0 Å². The van der Waals surface area contributed by atoms with E-state index in [0.717, 1.165) is 30.7 Å². The lowest BCUT2D eigenvalue weighted by Crippen LogP contribution is -2.26. The van der Waals surface area contributed by atoms with Crippen LogP contribution in [-0.4, -0.2) is 48.5 Å². The van der Waals surface area contributed by atoms with E-state index in [0.29, 0.717) is 39.3 Å². The Bertz CT molecular complexity index is 1200. The molecule has 0 aromatic carbocycles. The molecule has 1 aliphatic carbocycles. The third-order valence-electron chi connectivity index (χ3n) is 6.50. The summed E-state index contributed by atoms with van der Waals surface area (Å²) < 4.78 is 1.53.